The maximum absolute atomic E-state index is 12.2. The van der Waals surface area contributed by atoms with E-state index in [4.69, 9.17) is 0 Å². The van der Waals surface area contributed by atoms with Crippen LogP contribution in [0.25, 0.3) is 10.9 Å². The summed E-state index contributed by atoms with van der Waals surface area (Å²) in [4.78, 5) is 12.6. The zero-order valence-electron chi connectivity index (χ0n) is 12.4. The number of nitro groups is 1. The second-order valence-corrected chi connectivity index (χ2v) is 7.57. The van der Waals surface area contributed by atoms with E-state index in [2.05, 4.69) is 4.90 Å². The molecular weight excluding hydrogens is 306 g/mol. The van der Waals surface area contributed by atoms with Gasteiger partial charge < -0.3 is 0 Å². The number of hydrogen-bond donors (Lipinski definition) is 0. The van der Waals surface area contributed by atoms with Gasteiger partial charge in [0.2, 0.25) is 10.0 Å². The summed E-state index contributed by atoms with van der Waals surface area (Å²) in [5.74, 6) is 0. The molecule has 2 aromatic rings. The number of aromatic nitrogens is 1. The van der Waals surface area contributed by atoms with Crippen LogP contribution in [0.15, 0.2) is 24.3 Å². The summed E-state index contributed by atoms with van der Waals surface area (Å²) in [6.45, 7) is 0.913. The van der Waals surface area contributed by atoms with Crippen molar-refractivity contribution in [2.24, 2.45) is 0 Å². The Morgan fingerprint density at radius 1 is 1.32 bits per heavy atom. The van der Waals surface area contributed by atoms with Gasteiger partial charge in [0.15, 0.2) is 0 Å². The van der Waals surface area contributed by atoms with E-state index >= 15 is 0 Å². The summed E-state index contributed by atoms with van der Waals surface area (Å²) in [5.41, 5.74) is 0.937. The predicted molar refractivity (Wildman–Crippen MR) is 83.4 cm³/mol. The Labute approximate surface area is 128 Å². The van der Waals surface area contributed by atoms with Crippen molar-refractivity contribution in [3.63, 3.8) is 0 Å². The molecule has 0 unspecified atom stereocenters. The average molecular weight is 323 g/mol. The first-order valence-electron chi connectivity index (χ1n) is 6.99. The molecule has 0 N–H and O–H groups in total. The van der Waals surface area contributed by atoms with Gasteiger partial charge in [0.1, 0.15) is 0 Å². The van der Waals surface area contributed by atoms with E-state index in [1.807, 2.05) is 13.1 Å². The third-order valence-corrected chi connectivity index (χ3v) is 5.25. The zero-order chi connectivity index (χ0) is 16.1. The van der Waals surface area contributed by atoms with Crippen molar-refractivity contribution in [1.29, 1.82) is 0 Å². The van der Waals surface area contributed by atoms with Crippen LogP contribution in [-0.4, -0.2) is 42.1 Å². The molecule has 1 aliphatic heterocycles. The van der Waals surface area contributed by atoms with Gasteiger partial charge in [-0.2, -0.15) is 0 Å². The molecule has 118 valence electrons. The first-order valence-corrected chi connectivity index (χ1v) is 8.84. The number of fused-ring (bicyclic) bond motifs is 1. The standard InChI is InChI=1S/C14H17N3O4S/c1-15-7-3-4-12(15)14-8-10-5-6-11(17(18)19)9-13(10)16(14)22(2,20)21/h5-6,8-9,12H,3-4,7H2,1-2H3/t12-/m1/s1. The average Bonchev–Trinajstić information content (AvgIpc) is 2.99. The first kappa shape index (κ1) is 15.0. The summed E-state index contributed by atoms with van der Waals surface area (Å²) in [6, 6.07) is 6.17. The molecule has 0 radical (unpaired) electrons. The molecule has 1 fully saturated rings. The quantitative estimate of drug-likeness (QED) is 0.638. The Morgan fingerprint density at radius 3 is 2.59 bits per heavy atom. The fourth-order valence-corrected chi connectivity index (χ4v) is 4.26. The van der Waals surface area contributed by atoms with Crippen molar-refractivity contribution in [3.8, 4) is 0 Å². The monoisotopic (exact) mass is 323 g/mol. The number of likely N-dealkylation sites (tertiary alicyclic amines) is 1. The molecule has 0 saturated carbocycles. The SMILES string of the molecule is CN1CCC[C@@H]1c1cc2ccc([N+](=O)[O-])cc2n1S(C)(=O)=O. The molecule has 0 aliphatic carbocycles. The normalized spacial score (nSPS) is 19.8. The van der Waals surface area contributed by atoms with Crippen LogP contribution in [0.4, 0.5) is 5.69 Å². The van der Waals surface area contributed by atoms with Crippen molar-refractivity contribution in [2.45, 2.75) is 18.9 Å². The maximum atomic E-state index is 12.2. The lowest BCUT2D eigenvalue weighted by molar-refractivity contribution is -0.384. The van der Waals surface area contributed by atoms with E-state index in [1.165, 1.54) is 16.1 Å². The molecule has 1 aromatic heterocycles. The highest BCUT2D eigenvalue weighted by Gasteiger charge is 2.29. The van der Waals surface area contributed by atoms with Crippen molar-refractivity contribution in [3.05, 3.63) is 40.1 Å². The van der Waals surface area contributed by atoms with Crippen LogP contribution in [0.5, 0.6) is 0 Å². The highest BCUT2D eigenvalue weighted by Crippen LogP contribution is 2.35. The van der Waals surface area contributed by atoms with Gasteiger partial charge in [-0.1, -0.05) is 0 Å². The number of nitrogens with zero attached hydrogens (tertiary/aromatic N) is 3. The Balaban J connectivity index is 2.30. The third-order valence-electron chi connectivity index (χ3n) is 4.18. The number of non-ortho nitro benzene ring substituents is 1. The van der Waals surface area contributed by atoms with Gasteiger partial charge >= 0.3 is 0 Å². The number of nitro benzene ring substituents is 1. The van der Waals surface area contributed by atoms with Crippen LogP contribution in [0, 0.1) is 10.1 Å². The summed E-state index contributed by atoms with van der Waals surface area (Å²) >= 11 is 0. The molecule has 1 saturated heterocycles. The predicted octanol–water partition coefficient (Wildman–Crippen LogP) is 2.12. The molecule has 1 atom stereocenters. The molecule has 1 aliphatic rings. The van der Waals surface area contributed by atoms with Crippen molar-refractivity contribution in [2.75, 3.05) is 19.8 Å². The molecule has 22 heavy (non-hydrogen) atoms. The molecule has 7 nitrogen and oxygen atoms in total. The third kappa shape index (κ3) is 2.38. The number of rotatable bonds is 3. The Morgan fingerprint density at radius 2 is 2.05 bits per heavy atom. The number of hydrogen-bond acceptors (Lipinski definition) is 5. The zero-order valence-corrected chi connectivity index (χ0v) is 13.2. The minimum absolute atomic E-state index is 0.0150. The topological polar surface area (TPSA) is 85.4 Å². The summed E-state index contributed by atoms with van der Waals surface area (Å²) in [5, 5.41) is 11.7. The fourth-order valence-electron chi connectivity index (χ4n) is 3.19. The van der Waals surface area contributed by atoms with Gasteiger partial charge in [0.05, 0.1) is 28.4 Å². The van der Waals surface area contributed by atoms with Gasteiger partial charge in [-0.05, 0) is 38.6 Å². The summed E-state index contributed by atoms with van der Waals surface area (Å²) in [6.07, 6.45) is 3.01. The molecule has 0 bridgehead atoms. The van der Waals surface area contributed by atoms with E-state index in [0.29, 0.717) is 16.6 Å². The Bertz CT molecular complexity index is 856. The van der Waals surface area contributed by atoms with E-state index in [-0.39, 0.29) is 11.7 Å². The van der Waals surface area contributed by atoms with Gasteiger partial charge in [-0.3, -0.25) is 15.0 Å². The van der Waals surface area contributed by atoms with Gasteiger partial charge in [0, 0.05) is 17.5 Å². The fraction of sp³-hybridized carbons (Fsp3) is 0.429. The van der Waals surface area contributed by atoms with Crippen molar-refractivity contribution < 1.29 is 13.3 Å². The molecule has 0 spiro atoms. The second kappa shape index (κ2) is 5.06. The molecule has 3 rings (SSSR count). The summed E-state index contributed by atoms with van der Waals surface area (Å²) < 4.78 is 25.7. The van der Waals surface area contributed by atoms with E-state index in [9.17, 15) is 18.5 Å². The molecular formula is C14H17N3O4S. The molecule has 2 heterocycles. The van der Waals surface area contributed by atoms with Crippen LogP contribution in [0.1, 0.15) is 24.6 Å². The van der Waals surface area contributed by atoms with Crippen LogP contribution >= 0.6 is 0 Å². The van der Waals surface area contributed by atoms with Crippen LogP contribution in [0.2, 0.25) is 0 Å². The van der Waals surface area contributed by atoms with E-state index in [0.717, 1.165) is 25.6 Å². The van der Waals surface area contributed by atoms with Crippen molar-refractivity contribution >= 4 is 26.6 Å². The second-order valence-electron chi connectivity index (χ2n) is 5.74. The van der Waals surface area contributed by atoms with E-state index < -0.39 is 14.9 Å². The van der Waals surface area contributed by atoms with Gasteiger partial charge in [0.25, 0.3) is 5.69 Å². The molecule has 0 amide bonds. The molecule has 1 aromatic carbocycles. The lowest BCUT2D eigenvalue weighted by atomic mass is 10.1. The number of benzene rings is 1. The minimum atomic E-state index is -3.55. The van der Waals surface area contributed by atoms with E-state index in [1.54, 1.807) is 6.07 Å². The summed E-state index contributed by atoms with van der Waals surface area (Å²) in [7, 11) is -1.59. The lowest BCUT2D eigenvalue weighted by Crippen LogP contribution is -2.23. The van der Waals surface area contributed by atoms with Gasteiger partial charge in [-0.15, -0.1) is 0 Å². The minimum Gasteiger partial charge on any atom is -0.298 e. The largest absolute Gasteiger partial charge is 0.298 e. The van der Waals surface area contributed by atoms with Crippen molar-refractivity contribution in [1.82, 2.24) is 8.87 Å². The van der Waals surface area contributed by atoms with Gasteiger partial charge in [-0.25, -0.2) is 12.4 Å². The Kier molecular flexibility index (Phi) is 3.45. The maximum Gasteiger partial charge on any atom is 0.271 e. The molecule has 8 heteroatoms. The first-order chi connectivity index (χ1) is 10.3. The Hall–Kier alpha value is -1.93. The van der Waals surface area contributed by atoms with Crippen LogP contribution in [0.3, 0.4) is 0 Å². The highest BCUT2D eigenvalue weighted by molar-refractivity contribution is 7.89. The van der Waals surface area contributed by atoms with Crippen LogP contribution < -0.4 is 0 Å². The lowest BCUT2D eigenvalue weighted by Gasteiger charge is -2.21. The van der Waals surface area contributed by atoms with Crippen LogP contribution in [-0.2, 0) is 10.0 Å². The highest BCUT2D eigenvalue weighted by atomic mass is 32.2. The smallest absolute Gasteiger partial charge is 0.271 e.